The van der Waals surface area contributed by atoms with Crippen LogP contribution < -0.4 is 15.0 Å². The second kappa shape index (κ2) is 8.84. The molecule has 2 heterocycles. The maximum absolute atomic E-state index is 12.9. The predicted octanol–water partition coefficient (Wildman–Crippen LogP) is 3.95. The Morgan fingerprint density at radius 3 is 2.83 bits per heavy atom. The topological polar surface area (TPSA) is 84.5 Å². The lowest BCUT2D eigenvalue weighted by molar-refractivity contribution is 0.0781. The lowest BCUT2D eigenvalue weighted by Crippen LogP contribution is -2.28. The van der Waals surface area contributed by atoms with E-state index in [1.807, 2.05) is 19.2 Å². The van der Waals surface area contributed by atoms with Gasteiger partial charge < -0.3 is 19.4 Å². The predicted molar refractivity (Wildman–Crippen MR) is 114 cm³/mol. The molecule has 0 aliphatic heterocycles. The van der Waals surface area contributed by atoms with Crippen molar-refractivity contribution in [1.29, 1.82) is 0 Å². The molecule has 0 bridgehead atoms. The number of rotatable bonds is 7. The molecule has 2 aromatic heterocycles. The number of aromatic amines is 1. The van der Waals surface area contributed by atoms with E-state index in [-0.39, 0.29) is 18.0 Å². The number of H-pyrrole nitrogens is 1. The molecule has 1 aromatic carbocycles. The van der Waals surface area contributed by atoms with Crippen molar-refractivity contribution in [2.75, 3.05) is 20.8 Å². The van der Waals surface area contributed by atoms with E-state index in [0.29, 0.717) is 50.7 Å². The van der Waals surface area contributed by atoms with E-state index in [1.165, 1.54) is 23.3 Å². The molecule has 9 heteroatoms. The van der Waals surface area contributed by atoms with Crippen LogP contribution in [0.25, 0.3) is 10.2 Å². The zero-order valence-corrected chi connectivity index (χ0v) is 18.2. The first-order chi connectivity index (χ1) is 13.8. The smallest absolute Gasteiger partial charge is 0.268 e. The maximum atomic E-state index is 12.9. The number of halogens is 1. The minimum absolute atomic E-state index is 0.144. The van der Waals surface area contributed by atoms with Crippen LogP contribution in [0.3, 0.4) is 0 Å². The number of nitrogens with one attached hydrogen (secondary N) is 1. The summed E-state index contributed by atoms with van der Waals surface area (Å²) >= 11 is 7.68. The molecule has 29 heavy (non-hydrogen) atoms. The van der Waals surface area contributed by atoms with Gasteiger partial charge in [-0.05, 0) is 29.5 Å². The number of benzene rings is 1. The standard InChI is InChI=1S/C20H22ClN3O4S/c1-11(2)10-28-17-13(21)7-12(8-15(17)27-4)20(26)24(3)9-16-22-14-5-6-29-18(14)19(25)23-16/h5-8,11H,9-10H2,1-4H3,(H,22,23,25). The van der Waals surface area contributed by atoms with Crippen LogP contribution in [0.15, 0.2) is 28.4 Å². The lowest BCUT2D eigenvalue weighted by atomic mass is 10.1. The van der Waals surface area contributed by atoms with Crippen molar-refractivity contribution in [3.05, 3.63) is 50.3 Å². The van der Waals surface area contributed by atoms with E-state index < -0.39 is 0 Å². The van der Waals surface area contributed by atoms with Crippen LogP contribution in [-0.2, 0) is 6.54 Å². The Hall–Kier alpha value is -2.58. The third-order valence-electron chi connectivity index (χ3n) is 4.13. The molecule has 0 saturated heterocycles. The summed E-state index contributed by atoms with van der Waals surface area (Å²) in [5, 5.41) is 2.11. The van der Waals surface area contributed by atoms with Crippen LogP contribution in [0.4, 0.5) is 0 Å². The minimum atomic E-state index is -0.284. The number of hydrogen-bond donors (Lipinski definition) is 1. The number of amides is 1. The largest absolute Gasteiger partial charge is 0.493 e. The SMILES string of the molecule is COc1cc(C(=O)N(C)Cc2nc3ccsc3c(=O)[nH]2)cc(Cl)c1OCC(C)C. The Kier molecular flexibility index (Phi) is 6.44. The summed E-state index contributed by atoms with van der Waals surface area (Å²) in [5.74, 6) is 1.25. The number of ether oxygens (including phenoxy) is 2. The van der Waals surface area contributed by atoms with Gasteiger partial charge in [0.1, 0.15) is 10.5 Å². The van der Waals surface area contributed by atoms with Crippen molar-refractivity contribution >= 4 is 39.1 Å². The third-order valence-corrected chi connectivity index (χ3v) is 5.32. The van der Waals surface area contributed by atoms with Crippen LogP contribution in [0.1, 0.15) is 30.0 Å². The molecule has 7 nitrogen and oxygen atoms in total. The van der Waals surface area contributed by atoms with Crippen LogP contribution in [0.5, 0.6) is 11.5 Å². The van der Waals surface area contributed by atoms with Crippen molar-refractivity contribution in [3.63, 3.8) is 0 Å². The van der Waals surface area contributed by atoms with Crippen molar-refractivity contribution < 1.29 is 14.3 Å². The first-order valence-electron chi connectivity index (χ1n) is 9.02. The van der Waals surface area contributed by atoms with Crippen LogP contribution in [-0.4, -0.2) is 41.5 Å². The fourth-order valence-electron chi connectivity index (χ4n) is 2.75. The van der Waals surface area contributed by atoms with Gasteiger partial charge in [-0.25, -0.2) is 4.98 Å². The molecule has 1 amide bonds. The normalized spacial score (nSPS) is 11.1. The van der Waals surface area contributed by atoms with Gasteiger partial charge in [0.05, 0.1) is 30.8 Å². The Morgan fingerprint density at radius 1 is 1.38 bits per heavy atom. The first-order valence-corrected chi connectivity index (χ1v) is 10.3. The third kappa shape index (κ3) is 4.71. The minimum Gasteiger partial charge on any atom is -0.493 e. The highest BCUT2D eigenvalue weighted by Gasteiger charge is 2.20. The summed E-state index contributed by atoms with van der Waals surface area (Å²) in [4.78, 5) is 33.6. The van der Waals surface area contributed by atoms with E-state index in [2.05, 4.69) is 9.97 Å². The molecule has 154 valence electrons. The van der Waals surface area contributed by atoms with E-state index in [0.717, 1.165) is 0 Å². The van der Waals surface area contributed by atoms with Gasteiger partial charge in [-0.2, -0.15) is 0 Å². The van der Waals surface area contributed by atoms with Crippen LogP contribution >= 0.6 is 22.9 Å². The van der Waals surface area contributed by atoms with Gasteiger partial charge in [-0.1, -0.05) is 25.4 Å². The molecule has 1 N–H and O–H groups in total. The van der Waals surface area contributed by atoms with Crippen molar-refractivity contribution in [1.82, 2.24) is 14.9 Å². The summed E-state index contributed by atoms with van der Waals surface area (Å²) in [6.07, 6.45) is 0. The summed E-state index contributed by atoms with van der Waals surface area (Å²) in [6.45, 7) is 4.68. The van der Waals surface area contributed by atoms with E-state index >= 15 is 0 Å². The number of hydrogen-bond acceptors (Lipinski definition) is 6. The molecule has 0 fully saturated rings. The van der Waals surface area contributed by atoms with Gasteiger partial charge in [0.25, 0.3) is 11.5 Å². The zero-order chi connectivity index (χ0) is 21.1. The van der Waals surface area contributed by atoms with Crippen molar-refractivity contribution in [3.8, 4) is 11.5 Å². The molecule has 3 rings (SSSR count). The maximum Gasteiger partial charge on any atom is 0.268 e. The molecule has 0 radical (unpaired) electrons. The molecular formula is C20H22ClN3O4S. The number of thiophene rings is 1. The van der Waals surface area contributed by atoms with E-state index in [4.69, 9.17) is 21.1 Å². The van der Waals surface area contributed by atoms with Gasteiger partial charge in [-0.3, -0.25) is 9.59 Å². The fourth-order valence-corrected chi connectivity index (χ4v) is 3.74. The summed E-state index contributed by atoms with van der Waals surface area (Å²) < 4.78 is 11.7. The highest BCUT2D eigenvalue weighted by molar-refractivity contribution is 7.17. The monoisotopic (exact) mass is 435 g/mol. The first kappa shape index (κ1) is 21.1. The molecule has 3 aromatic rings. The zero-order valence-electron chi connectivity index (χ0n) is 16.6. The van der Waals surface area contributed by atoms with Gasteiger partial charge >= 0.3 is 0 Å². The van der Waals surface area contributed by atoms with E-state index in [9.17, 15) is 9.59 Å². The van der Waals surface area contributed by atoms with Crippen LogP contribution in [0.2, 0.25) is 5.02 Å². The fraction of sp³-hybridized carbons (Fsp3) is 0.350. The number of fused-ring (bicyclic) bond motifs is 1. The lowest BCUT2D eigenvalue weighted by Gasteiger charge is -2.19. The molecule has 0 aliphatic carbocycles. The Balaban J connectivity index is 1.82. The van der Waals surface area contributed by atoms with Crippen molar-refractivity contribution in [2.24, 2.45) is 5.92 Å². The second-order valence-corrected chi connectivity index (χ2v) is 8.33. The molecule has 0 unspecified atom stereocenters. The number of carbonyl (C=O) groups is 1. The Bertz CT molecular complexity index is 1090. The number of aromatic nitrogens is 2. The average Bonchev–Trinajstić information content (AvgIpc) is 3.14. The summed E-state index contributed by atoms with van der Waals surface area (Å²) in [7, 11) is 3.13. The number of carbonyl (C=O) groups excluding carboxylic acids is 1. The molecule has 0 spiro atoms. The van der Waals surface area contributed by atoms with Crippen LogP contribution in [0, 0.1) is 5.92 Å². The second-order valence-electron chi connectivity index (χ2n) is 7.00. The quantitative estimate of drug-likeness (QED) is 0.607. The molecule has 0 atom stereocenters. The number of methoxy groups -OCH3 is 1. The molecule has 0 saturated carbocycles. The Labute approximate surface area is 177 Å². The number of nitrogens with zero attached hydrogens (tertiary/aromatic N) is 2. The Morgan fingerprint density at radius 2 is 2.14 bits per heavy atom. The summed E-state index contributed by atoms with van der Waals surface area (Å²) in [5.41, 5.74) is 0.758. The van der Waals surface area contributed by atoms with Gasteiger partial charge in [-0.15, -0.1) is 11.3 Å². The van der Waals surface area contributed by atoms with Crippen molar-refractivity contribution in [2.45, 2.75) is 20.4 Å². The van der Waals surface area contributed by atoms with Gasteiger partial charge in [0.15, 0.2) is 11.5 Å². The highest BCUT2D eigenvalue weighted by atomic mass is 35.5. The van der Waals surface area contributed by atoms with E-state index in [1.54, 1.807) is 25.2 Å². The van der Waals surface area contributed by atoms with Gasteiger partial charge in [0, 0.05) is 12.6 Å². The van der Waals surface area contributed by atoms with Gasteiger partial charge in [0.2, 0.25) is 0 Å². The summed E-state index contributed by atoms with van der Waals surface area (Å²) in [6, 6.07) is 4.93. The average molecular weight is 436 g/mol. The molecule has 0 aliphatic rings. The highest BCUT2D eigenvalue weighted by Crippen LogP contribution is 2.37. The molecular weight excluding hydrogens is 414 g/mol.